The molecule has 37 heavy (non-hydrogen) atoms. The van der Waals surface area contributed by atoms with E-state index in [1.54, 1.807) is 23.1 Å². The van der Waals surface area contributed by atoms with Gasteiger partial charge in [-0.25, -0.2) is 9.67 Å². The lowest BCUT2D eigenvalue weighted by atomic mass is 9.84. The van der Waals surface area contributed by atoms with Crippen molar-refractivity contribution in [2.75, 3.05) is 0 Å². The second-order valence-corrected chi connectivity index (χ2v) is 10.1. The highest BCUT2D eigenvalue weighted by atomic mass is 35.5. The molecule has 2 aromatic carbocycles. The van der Waals surface area contributed by atoms with Gasteiger partial charge in [-0.1, -0.05) is 55.1 Å². The lowest BCUT2D eigenvalue weighted by Crippen LogP contribution is -2.11. The van der Waals surface area contributed by atoms with E-state index in [2.05, 4.69) is 39.3 Å². The third-order valence-electron chi connectivity index (χ3n) is 6.43. The summed E-state index contributed by atoms with van der Waals surface area (Å²) in [5.74, 6) is 0.103. The van der Waals surface area contributed by atoms with Crippen LogP contribution in [-0.2, 0) is 0 Å². The summed E-state index contributed by atoms with van der Waals surface area (Å²) in [6, 6.07) is 14.7. The molecule has 1 fully saturated rings. The Bertz CT molecular complexity index is 1510. The molecule has 2 aromatic heterocycles. The Hall–Kier alpha value is -3.82. The highest BCUT2D eigenvalue weighted by Crippen LogP contribution is 2.34. The smallest absolute Gasteiger partial charge is 0.312 e. The summed E-state index contributed by atoms with van der Waals surface area (Å²) in [5, 5.41) is 28.4. The maximum absolute atomic E-state index is 11.3. The number of phenols is 1. The molecule has 0 bridgehead atoms. The number of aromatic nitrogens is 2. The molecule has 0 saturated heterocycles. The van der Waals surface area contributed by atoms with Gasteiger partial charge in [-0.05, 0) is 42.5 Å². The van der Waals surface area contributed by atoms with Gasteiger partial charge < -0.3 is 5.11 Å². The molecule has 0 amide bonds. The SMILES string of the molecule is O=[N+]([O-])c1cc(Cl)cc(C=Nn2c(-c3ccc(C4CCCCC4)cc3)csc2=Nc2cccnc2)c1O. The average molecular weight is 534 g/mol. The first-order valence-electron chi connectivity index (χ1n) is 12.0. The van der Waals surface area contributed by atoms with Crippen molar-refractivity contribution in [3.63, 3.8) is 0 Å². The number of hydrogen-bond acceptors (Lipinski definition) is 7. The lowest BCUT2D eigenvalue weighted by Gasteiger charge is -2.22. The molecule has 1 N–H and O–H groups in total. The van der Waals surface area contributed by atoms with E-state index in [0.717, 1.165) is 17.3 Å². The monoisotopic (exact) mass is 533 g/mol. The summed E-state index contributed by atoms with van der Waals surface area (Å²) < 4.78 is 1.65. The highest BCUT2D eigenvalue weighted by molar-refractivity contribution is 7.07. The van der Waals surface area contributed by atoms with Crippen LogP contribution in [-0.4, -0.2) is 25.9 Å². The van der Waals surface area contributed by atoms with Gasteiger partial charge in [0.05, 0.1) is 28.7 Å². The summed E-state index contributed by atoms with van der Waals surface area (Å²) in [5.41, 5.74) is 3.42. The number of hydrogen-bond donors (Lipinski definition) is 1. The average Bonchev–Trinajstić information content (AvgIpc) is 3.32. The van der Waals surface area contributed by atoms with Gasteiger partial charge in [-0.3, -0.25) is 15.1 Å². The summed E-state index contributed by atoms with van der Waals surface area (Å²) in [4.78, 5) is 20.0. The number of pyridine rings is 1. The van der Waals surface area contributed by atoms with Crippen LogP contribution in [0.5, 0.6) is 5.75 Å². The molecule has 0 spiro atoms. The van der Waals surface area contributed by atoms with E-state index < -0.39 is 16.4 Å². The van der Waals surface area contributed by atoms with Crippen LogP contribution in [0.1, 0.15) is 49.1 Å². The standard InChI is InChI=1S/C27H24ClN5O3S/c28-22-13-21(26(34)24(14-22)33(35)36)15-30-32-25(17-37-27(32)31-23-7-4-12-29-16-23)20-10-8-19(9-11-20)18-5-2-1-3-6-18/h4,7-18,34H,1-3,5-6H2. The molecule has 1 aliphatic rings. The van der Waals surface area contributed by atoms with Gasteiger partial charge in [0.1, 0.15) is 0 Å². The summed E-state index contributed by atoms with van der Waals surface area (Å²) in [7, 11) is 0. The molecule has 0 atom stereocenters. The zero-order valence-electron chi connectivity index (χ0n) is 19.8. The quantitative estimate of drug-likeness (QED) is 0.163. The van der Waals surface area contributed by atoms with E-state index in [9.17, 15) is 15.2 Å². The molecule has 5 rings (SSSR count). The molecule has 8 nitrogen and oxygen atoms in total. The first-order chi connectivity index (χ1) is 18.0. The minimum Gasteiger partial charge on any atom is -0.502 e. The first-order valence-corrected chi connectivity index (χ1v) is 13.2. The molecule has 0 aliphatic heterocycles. The van der Waals surface area contributed by atoms with Crippen molar-refractivity contribution in [2.45, 2.75) is 38.0 Å². The molecule has 188 valence electrons. The van der Waals surface area contributed by atoms with E-state index >= 15 is 0 Å². The number of aromatic hydroxyl groups is 1. The van der Waals surface area contributed by atoms with Crippen molar-refractivity contribution in [1.29, 1.82) is 0 Å². The van der Waals surface area contributed by atoms with E-state index in [-0.39, 0.29) is 10.6 Å². The molecule has 10 heteroatoms. The van der Waals surface area contributed by atoms with Crippen LogP contribution in [0.15, 0.2) is 76.4 Å². The van der Waals surface area contributed by atoms with Gasteiger partial charge in [0, 0.05) is 33.8 Å². The van der Waals surface area contributed by atoms with Gasteiger partial charge in [0.25, 0.3) is 0 Å². The normalized spacial score (nSPS) is 14.9. The molecule has 1 aliphatic carbocycles. The van der Waals surface area contributed by atoms with Gasteiger partial charge in [0.2, 0.25) is 10.6 Å². The number of thiazole rings is 1. The number of nitrogens with zero attached hydrogens (tertiary/aromatic N) is 5. The van der Waals surface area contributed by atoms with Crippen LogP contribution < -0.4 is 4.80 Å². The number of rotatable bonds is 6. The zero-order valence-corrected chi connectivity index (χ0v) is 21.4. The topological polar surface area (TPSA) is 106 Å². The Morgan fingerprint density at radius 2 is 1.95 bits per heavy atom. The Morgan fingerprint density at radius 3 is 2.65 bits per heavy atom. The van der Waals surface area contributed by atoms with Crippen molar-refractivity contribution < 1.29 is 10.0 Å². The van der Waals surface area contributed by atoms with Crippen LogP contribution >= 0.6 is 22.9 Å². The van der Waals surface area contributed by atoms with Crippen molar-refractivity contribution in [1.82, 2.24) is 9.66 Å². The van der Waals surface area contributed by atoms with E-state index in [4.69, 9.17) is 11.6 Å². The van der Waals surface area contributed by atoms with E-state index in [1.165, 1.54) is 61.3 Å². The van der Waals surface area contributed by atoms with Crippen LogP contribution in [0, 0.1) is 10.1 Å². The van der Waals surface area contributed by atoms with Crippen LogP contribution in [0.2, 0.25) is 5.02 Å². The van der Waals surface area contributed by atoms with Gasteiger partial charge in [-0.2, -0.15) is 5.10 Å². The number of nitro benzene ring substituents is 1. The Labute approximate surface area is 222 Å². The van der Waals surface area contributed by atoms with Crippen molar-refractivity contribution in [3.05, 3.63) is 97.4 Å². The summed E-state index contributed by atoms with van der Waals surface area (Å²) in [6.07, 6.45) is 11.0. The predicted molar refractivity (Wildman–Crippen MR) is 146 cm³/mol. The minimum atomic E-state index is -0.682. The number of halogens is 1. The number of nitro groups is 1. The third-order valence-corrected chi connectivity index (χ3v) is 7.47. The molecule has 2 heterocycles. The summed E-state index contributed by atoms with van der Waals surface area (Å²) in [6.45, 7) is 0. The fourth-order valence-electron chi connectivity index (χ4n) is 4.54. The predicted octanol–water partition coefficient (Wildman–Crippen LogP) is 7.04. The largest absolute Gasteiger partial charge is 0.502 e. The molecular formula is C27H24ClN5O3S. The second-order valence-electron chi connectivity index (χ2n) is 8.86. The summed E-state index contributed by atoms with van der Waals surface area (Å²) >= 11 is 7.47. The molecule has 0 unspecified atom stereocenters. The molecule has 0 radical (unpaired) electrons. The fraction of sp³-hybridized carbons (Fsp3) is 0.222. The van der Waals surface area contributed by atoms with Crippen LogP contribution in [0.4, 0.5) is 11.4 Å². The molecule has 1 saturated carbocycles. The van der Waals surface area contributed by atoms with E-state index in [0.29, 0.717) is 16.4 Å². The third kappa shape index (κ3) is 5.63. The first kappa shape index (κ1) is 24.9. The van der Waals surface area contributed by atoms with Crippen LogP contribution in [0.25, 0.3) is 11.3 Å². The van der Waals surface area contributed by atoms with Gasteiger partial charge in [0.15, 0.2) is 0 Å². The maximum atomic E-state index is 11.3. The zero-order chi connectivity index (χ0) is 25.8. The number of phenolic OH excluding ortho intramolecular Hbond substituents is 1. The maximum Gasteiger partial charge on any atom is 0.312 e. The van der Waals surface area contributed by atoms with Crippen LogP contribution in [0.3, 0.4) is 0 Å². The highest BCUT2D eigenvalue weighted by Gasteiger charge is 2.19. The Morgan fingerprint density at radius 1 is 1.16 bits per heavy atom. The molecule has 4 aromatic rings. The van der Waals surface area contributed by atoms with Gasteiger partial charge in [-0.15, -0.1) is 11.3 Å². The fourth-order valence-corrected chi connectivity index (χ4v) is 5.62. The Kier molecular flexibility index (Phi) is 7.43. The number of benzene rings is 2. The Balaban J connectivity index is 1.57. The van der Waals surface area contributed by atoms with Crippen molar-refractivity contribution in [3.8, 4) is 17.0 Å². The molecular weight excluding hydrogens is 510 g/mol. The minimum absolute atomic E-state index is 0.125. The van der Waals surface area contributed by atoms with E-state index in [1.807, 2.05) is 11.4 Å². The second kappa shape index (κ2) is 11.1. The lowest BCUT2D eigenvalue weighted by molar-refractivity contribution is -0.385. The van der Waals surface area contributed by atoms with Crippen molar-refractivity contribution in [2.24, 2.45) is 10.1 Å². The van der Waals surface area contributed by atoms with Crippen molar-refractivity contribution >= 4 is 40.5 Å². The van der Waals surface area contributed by atoms with Gasteiger partial charge >= 0.3 is 5.69 Å².